The Bertz CT molecular complexity index is 1160. The van der Waals surface area contributed by atoms with Gasteiger partial charge < -0.3 is 4.74 Å². The summed E-state index contributed by atoms with van der Waals surface area (Å²) in [6.45, 7) is 1.48. The summed E-state index contributed by atoms with van der Waals surface area (Å²) < 4.78 is 60.8. The average Bonchev–Trinajstić information content (AvgIpc) is 3.24. The lowest BCUT2D eigenvalue weighted by Crippen LogP contribution is -2.48. The van der Waals surface area contributed by atoms with E-state index in [4.69, 9.17) is 4.74 Å². The molecule has 1 saturated heterocycles. The Labute approximate surface area is 177 Å². The lowest BCUT2D eigenvalue weighted by Gasteiger charge is -2.33. The van der Waals surface area contributed by atoms with Gasteiger partial charge in [-0.25, -0.2) is 17.2 Å². The highest BCUT2D eigenvalue weighted by Gasteiger charge is 2.31. The smallest absolute Gasteiger partial charge is 0.246 e. The average molecular weight is 450 g/mol. The van der Waals surface area contributed by atoms with Gasteiger partial charge >= 0.3 is 0 Å². The van der Waals surface area contributed by atoms with Crippen LogP contribution in [0.15, 0.2) is 47.4 Å². The molecular weight excluding hydrogens is 430 g/mol. The fraction of sp³-hybridized carbons (Fsp3) is 0.316. The maximum atomic E-state index is 14.0. The summed E-state index contributed by atoms with van der Waals surface area (Å²) in [5.74, 6) is -0.463. The third-order valence-electron chi connectivity index (χ3n) is 5.06. The predicted octanol–water partition coefficient (Wildman–Crippen LogP) is 1.46. The Kier molecular flexibility index (Phi) is 5.94. The van der Waals surface area contributed by atoms with Crippen LogP contribution in [0.25, 0.3) is 5.69 Å². The molecule has 0 atom stereocenters. The number of hydrogen-bond donors (Lipinski definition) is 0. The van der Waals surface area contributed by atoms with Crippen molar-refractivity contribution in [3.63, 3.8) is 0 Å². The van der Waals surface area contributed by atoms with E-state index < -0.39 is 26.6 Å². The van der Waals surface area contributed by atoms with Crippen LogP contribution < -0.4 is 4.74 Å². The minimum atomic E-state index is -4.12. The van der Waals surface area contributed by atoms with Gasteiger partial charge in [-0.3, -0.25) is 4.90 Å². The molecule has 0 unspecified atom stereocenters. The van der Waals surface area contributed by atoms with Crippen LogP contribution in [0.5, 0.6) is 5.75 Å². The highest BCUT2D eigenvalue weighted by Crippen LogP contribution is 2.22. The number of hydrogen-bond acceptors (Lipinski definition) is 7. The number of nitrogens with zero attached hydrogens (tertiary/aromatic N) is 6. The van der Waals surface area contributed by atoms with Crippen molar-refractivity contribution in [2.75, 3.05) is 33.3 Å². The molecule has 164 valence electrons. The second kappa shape index (κ2) is 8.65. The SMILES string of the molecule is COc1ccc(-n2nnnc2CN2CCN(S(=O)(=O)c3cc(F)ccc3F)CC2)cc1. The van der Waals surface area contributed by atoms with Gasteiger partial charge in [-0.05, 0) is 52.9 Å². The second-order valence-corrected chi connectivity index (χ2v) is 8.87. The predicted molar refractivity (Wildman–Crippen MR) is 106 cm³/mol. The van der Waals surface area contributed by atoms with Crippen molar-refractivity contribution in [1.82, 2.24) is 29.4 Å². The summed E-state index contributed by atoms with van der Waals surface area (Å²) in [5.41, 5.74) is 0.767. The van der Waals surface area contributed by atoms with E-state index in [-0.39, 0.29) is 13.1 Å². The second-order valence-electron chi connectivity index (χ2n) is 6.96. The minimum absolute atomic E-state index is 0.141. The van der Waals surface area contributed by atoms with Gasteiger partial charge in [-0.15, -0.1) is 5.10 Å². The highest BCUT2D eigenvalue weighted by atomic mass is 32.2. The molecule has 0 spiro atoms. The Hall–Kier alpha value is -2.96. The van der Waals surface area contributed by atoms with Gasteiger partial charge in [0.05, 0.1) is 19.3 Å². The number of benzene rings is 2. The molecule has 0 bridgehead atoms. The zero-order valence-electron chi connectivity index (χ0n) is 16.6. The van der Waals surface area contributed by atoms with Crippen molar-refractivity contribution in [1.29, 1.82) is 0 Å². The molecule has 0 radical (unpaired) electrons. The molecule has 1 aromatic heterocycles. The van der Waals surface area contributed by atoms with Gasteiger partial charge in [0.15, 0.2) is 5.82 Å². The molecule has 2 aromatic carbocycles. The zero-order chi connectivity index (χ0) is 22.0. The van der Waals surface area contributed by atoms with Crippen molar-refractivity contribution in [3.8, 4) is 11.4 Å². The van der Waals surface area contributed by atoms with Crippen molar-refractivity contribution in [3.05, 3.63) is 59.9 Å². The molecule has 0 N–H and O–H groups in total. The Morgan fingerprint density at radius 2 is 1.74 bits per heavy atom. The van der Waals surface area contributed by atoms with Gasteiger partial charge in [0.25, 0.3) is 0 Å². The first-order chi connectivity index (χ1) is 14.9. The molecule has 0 aliphatic carbocycles. The molecular formula is C19H20F2N6O3S. The Balaban J connectivity index is 1.43. The molecule has 0 amide bonds. The number of methoxy groups -OCH3 is 1. The number of piperazine rings is 1. The van der Waals surface area contributed by atoms with Crippen LogP contribution in [0.2, 0.25) is 0 Å². The topological polar surface area (TPSA) is 93.4 Å². The third-order valence-corrected chi connectivity index (χ3v) is 6.97. The zero-order valence-corrected chi connectivity index (χ0v) is 17.5. The number of rotatable bonds is 6. The van der Waals surface area contributed by atoms with Crippen LogP contribution in [-0.2, 0) is 16.6 Å². The normalized spacial score (nSPS) is 15.8. The lowest BCUT2D eigenvalue weighted by molar-refractivity contribution is 0.176. The van der Waals surface area contributed by atoms with Crippen LogP contribution in [0, 0.1) is 11.6 Å². The standard InChI is InChI=1S/C19H20F2N6O3S/c1-30-16-5-3-15(4-6-16)27-19(22-23-24-27)13-25-8-10-26(11-9-25)31(28,29)18-12-14(20)2-7-17(18)21/h2-7,12H,8-11,13H2,1H3. The van der Waals surface area contributed by atoms with Crippen molar-refractivity contribution < 1.29 is 21.9 Å². The molecule has 31 heavy (non-hydrogen) atoms. The van der Waals surface area contributed by atoms with E-state index >= 15 is 0 Å². The van der Waals surface area contributed by atoms with Crippen LogP contribution in [-0.4, -0.2) is 71.1 Å². The van der Waals surface area contributed by atoms with Gasteiger partial charge in [0, 0.05) is 26.2 Å². The van der Waals surface area contributed by atoms with Crippen molar-refractivity contribution in [2.24, 2.45) is 0 Å². The third kappa shape index (κ3) is 4.40. The number of halogens is 2. The summed E-state index contributed by atoms with van der Waals surface area (Å²) >= 11 is 0. The van der Waals surface area contributed by atoms with Crippen LogP contribution >= 0.6 is 0 Å². The molecule has 3 aromatic rings. The Morgan fingerprint density at radius 1 is 1.03 bits per heavy atom. The molecule has 1 aliphatic heterocycles. The van der Waals surface area contributed by atoms with Gasteiger partial charge in [0.2, 0.25) is 10.0 Å². The summed E-state index contributed by atoms with van der Waals surface area (Å²) in [7, 11) is -2.54. The molecule has 2 heterocycles. The van der Waals surface area contributed by atoms with E-state index in [9.17, 15) is 17.2 Å². The molecule has 12 heteroatoms. The molecule has 0 saturated carbocycles. The van der Waals surface area contributed by atoms with E-state index in [1.807, 2.05) is 17.0 Å². The van der Waals surface area contributed by atoms with E-state index in [0.29, 0.717) is 37.3 Å². The van der Waals surface area contributed by atoms with Crippen LogP contribution in [0.4, 0.5) is 8.78 Å². The summed E-state index contributed by atoms with van der Waals surface area (Å²) in [5, 5.41) is 11.8. The number of sulfonamides is 1. The summed E-state index contributed by atoms with van der Waals surface area (Å²) in [4.78, 5) is 1.35. The van der Waals surface area contributed by atoms with Gasteiger partial charge in [-0.2, -0.15) is 8.99 Å². The van der Waals surface area contributed by atoms with Gasteiger partial charge in [0.1, 0.15) is 22.3 Å². The first kappa shape index (κ1) is 21.3. The summed E-state index contributed by atoms with van der Waals surface area (Å²) in [6, 6.07) is 9.68. The van der Waals surface area contributed by atoms with Crippen molar-refractivity contribution >= 4 is 10.0 Å². The van der Waals surface area contributed by atoms with E-state index in [1.165, 1.54) is 0 Å². The number of aromatic nitrogens is 4. The largest absolute Gasteiger partial charge is 0.497 e. The van der Waals surface area contributed by atoms with Crippen LogP contribution in [0.3, 0.4) is 0 Å². The molecule has 9 nitrogen and oxygen atoms in total. The fourth-order valence-corrected chi connectivity index (χ4v) is 4.87. The quantitative estimate of drug-likeness (QED) is 0.561. The van der Waals surface area contributed by atoms with Gasteiger partial charge in [-0.1, -0.05) is 0 Å². The Morgan fingerprint density at radius 3 is 2.42 bits per heavy atom. The molecule has 1 fully saturated rings. The number of tetrazole rings is 1. The lowest BCUT2D eigenvalue weighted by atomic mass is 10.3. The van der Waals surface area contributed by atoms with Crippen LogP contribution in [0.1, 0.15) is 5.82 Å². The number of ether oxygens (including phenoxy) is 1. The monoisotopic (exact) mass is 450 g/mol. The first-order valence-corrected chi connectivity index (χ1v) is 10.9. The van der Waals surface area contributed by atoms with Crippen molar-refractivity contribution in [2.45, 2.75) is 11.4 Å². The maximum Gasteiger partial charge on any atom is 0.246 e. The van der Waals surface area contributed by atoms with E-state index in [0.717, 1.165) is 22.1 Å². The fourth-order valence-electron chi connectivity index (χ4n) is 3.37. The minimum Gasteiger partial charge on any atom is -0.497 e. The molecule has 4 rings (SSSR count). The molecule has 1 aliphatic rings. The maximum absolute atomic E-state index is 14.0. The van der Waals surface area contributed by atoms with E-state index in [1.54, 1.807) is 23.9 Å². The first-order valence-electron chi connectivity index (χ1n) is 9.48. The summed E-state index contributed by atoms with van der Waals surface area (Å²) in [6.07, 6.45) is 0. The highest BCUT2D eigenvalue weighted by molar-refractivity contribution is 7.89. The van der Waals surface area contributed by atoms with E-state index in [2.05, 4.69) is 15.5 Å².